The van der Waals surface area contributed by atoms with Crippen LogP contribution in [0.15, 0.2) is 24.3 Å². The van der Waals surface area contributed by atoms with Gasteiger partial charge in [0, 0.05) is 24.3 Å². The van der Waals surface area contributed by atoms with Crippen LogP contribution in [0.2, 0.25) is 0 Å². The third-order valence-electron chi connectivity index (χ3n) is 2.50. The fourth-order valence-corrected chi connectivity index (χ4v) is 1.61. The summed E-state index contributed by atoms with van der Waals surface area (Å²) in [6.07, 6.45) is -4.72. The van der Waals surface area contributed by atoms with Crippen molar-refractivity contribution in [1.82, 2.24) is 0 Å². The quantitative estimate of drug-likeness (QED) is 0.589. The van der Waals surface area contributed by atoms with Gasteiger partial charge in [-0.05, 0) is 0 Å². The van der Waals surface area contributed by atoms with Crippen LogP contribution in [0.25, 0.3) is 0 Å². The Morgan fingerprint density at radius 3 is 1.59 bits per heavy atom. The molecule has 0 aliphatic carbocycles. The molecule has 0 bridgehead atoms. The molecule has 0 aromatic heterocycles. The average Bonchev–Trinajstić information content (AvgIpc) is 2.33. The minimum atomic E-state index is -4.72. The molecule has 0 unspecified atom stereocenters. The summed E-state index contributed by atoms with van der Waals surface area (Å²) >= 11 is 0. The first kappa shape index (κ1) is 16.1. The van der Waals surface area contributed by atoms with Crippen LogP contribution in [-0.2, 0) is 6.11 Å². The maximum Gasteiger partial charge on any atom is 0.432 e. The van der Waals surface area contributed by atoms with Crippen molar-refractivity contribution >= 4 is 0 Å². The van der Waals surface area contributed by atoms with Crippen molar-refractivity contribution in [3.63, 3.8) is 0 Å². The van der Waals surface area contributed by atoms with Gasteiger partial charge in [0.15, 0.2) is 17.5 Å². The summed E-state index contributed by atoms with van der Waals surface area (Å²) in [6.45, 7) is 0. The van der Waals surface area contributed by atoms with Crippen LogP contribution < -0.4 is 4.74 Å². The number of hydrogen-bond donors (Lipinski definition) is 0. The van der Waals surface area contributed by atoms with Crippen molar-refractivity contribution in [3.05, 3.63) is 64.7 Å². The standard InChI is InChI=1S/C13H4F8O/c14-5-1-7(15)11(8(16)2-5)13(20,21)22-6-3-9(17)12(19)10(18)4-6/h1-4H. The normalized spacial score (nSPS) is 11.6. The van der Waals surface area contributed by atoms with E-state index in [1.54, 1.807) is 0 Å². The molecule has 9 heteroatoms. The molecule has 22 heavy (non-hydrogen) atoms. The molecule has 0 saturated heterocycles. The third kappa shape index (κ3) is 2.97. The molecule has 0 fully saturated rings. The Morgan fingerprint density at radius 2 is 1.14 bits per heavy atom. The first-order valence-electron chi connectivity index (χ1n) is 5.48. The molecular formula is C13H4F8O. The number of ether oxygens (including phenoxy) is 1. The summed E-state index contributed by atoms with van der Waals surface area (Å²) in [5, 5.41) is 0. The Kier molecular flexibility index (Phi) is 3.99. The molecule has 118 valence electrons. The fraction of sp³-hybridized carbons (Fsp3) is 0.0769. The molecule has 0 aliphatic rings. The summed E-state index contributed by atoms with van der Waals surface area (Å²) in [4.78, 5) is 0. The van der Waals surface area contributed by atoms with Gasteiger partial charge in [0.25, 0.3) is 0 Å². The largest absolute Gasteiger partial charge is 0.432 e. The van der Waals surface area contributed by atoms with Gasteiger partial charge in [0.1, 0.15) is 28.8 Å². The second kappa shape index (κ2) is 5.47. The van der Waals surface area contributed by atoms with E-state index in [4.69, 9.17) is 0 Å². The van der Waals surface area contributed by atoms with Crippen LogP contribution in [0.4, 0.5) is 35.1 Å². The number of hydrogen-bond acceptors (Lipinski definition) is 1. The smallest absolute Gasteiger partial charge is 0.429 e. The van der Waals surface area contributed by atoms with E-state index >= 15 is 0 Å². The van der Waals surface area contributed by atoms with Gasteiger partial charge in [0.05, 0.1) is 0 Å². The lowest BCUT2D eigenvalue weighted by Crippen LogP contribution is -2.25. The fourth-order valence-electron chi connectivity index (χ4n) is 1.61. The lowest BCUT2D eigenvalue weighted by atomic mass is 10.1. The van der Waals surface area contributed by atoms with E-state index in [1.807, 2.05) is 0 Å². The van der Waals surface area contributed by atoms with E-state index in [-0.39, 0.29) is 24.3 Å². The summed E-state index contributed by atoms with van der Waals surface area (Å²) in [6, 6.07) is 0.0698. The number of benzene rings is 2. The Labute approximate surface area is 117 Å². The number of rotatable bonds is 3. The summed E-state index contributed by atoms with van der Waals surface area (Å²) in [7, 11) is 0. The summed E-state index contributed by atoms with van der Waals surface area (Å²) in [5.74, 6) is -12.2. The minimum absolute atomic E-state index is 0.0263. The number of alkyl halides is 2. The van der Waals surface area contributed by atoms with Gasteiger partial charge in [-0.15, -0.1) is 0 Å². The summed E-state index contributed by atoms with van der Waals surface area (Å²) in [5.41, 5.74) is -1.96. The highest BCUT2D eigenvalue weighted by Crippen LogP contribution is 2.36. The molecule has 0 spiro atoms. The van der Waals surface area contributed by atoms with Crippen molar-refractivity contribution in [3.8, 4) is 5.75 Å². The average molecular weight is 328 g/mol. The van der Waals surface area contributed by atoms with Gasteiger partial charge < -0.3 is 4.74 Å². The third-order valence-corrected chi connectivity index (χ3v) is 2.50. The van der Waals surface area contributed by atoms with Crippen molar-refractivity contribution in [2.24, 2.45) is 0 Å². The zero-order valence-corrected chi connectivity index (χ0v) is 10.2. The molecule has 0 amide bonds. The highest BCUT2D eigenvalue weighted by atomic mass is 19.3. The molecule has 0 heterocycles. The minimum Gasteiger partial charge on any atom is -0.429 e. The molecule has 0 N–H and O–H groups in total. The zero-order chi connectivity index (χ0) is 16.7. The predicted octanol–water partition coefficient (Wildman–Crippen LogP) is 4.65. The highest BCUT2D eigenvalue weighted by Gasteiger charge is 2.41. The molecule has 0 radical (unpaired) electrons. The second-order valence-electron chi connectivity index (χ2n) is 4.06. The highest BCUT2D eigenvalue weighted by molar-refractivity contribution is 5.29. The Bertz CT molecular complexity index is 682. The van der Waals surface area contributed by atoms with Crippen molar-refractivity contribution in [2.45, 2.75) is 6.11 Å². The first-order valence-corrected chi connectivity index (χ1v) is 5.48. The molecule has 0 atom stereocenters. The predicted molar refractivity (Wildman–Crippen MR) is 57.2 cm³/mol. The summed E-state index contributed by atoms with van der Waals surface area (Å²) < 4.78 is 109. The van der Waals surface area contributed by atoms with Gasteiger partial charge in [-0.3, -0.25) is 0 Å². The Balaban J connectivity index is 2.44. The van der Waals surface area contributed by atoms with Gasteiger partial charge in [-0.1, -0.05) is 0 Å². The van der Waals surface area contributed by atoms with Crippen LogP contribution >= 0.6 is 0 Å². The molecular weight excluding hydrogens is 324 g/mol. The van der Waals surface area contributed by atoms with Crippen LogP contribution in [0, 0.1) is 34.9 Å². The first-order chi connectivity index (χ1) is 10.1. The lowest BCUT2D eigenvalue weighted by molar-refractivity contribution is -0.189. The lowest BCUT2D eigenvalue weighted by Gasteiger charge is -2.19. The van der Waals surface area contributed by atoms with Crippen LogP contribution in [0.1, 0.15) is 5.56 Å². The topological polar surface area (TPSA) is 9.23 Å². The maximum absolute atomic E-state index is 13.7. The molecule has 2 rings (SSSR count). The monoisotopic (exact) mass is 328 g/mol. The van der Waals surface area contributed by atoms with Gasteiger partial charge in [0.2, 0.25) is 0 Å². The van der Waals surface area contributed by atoms with E-state index in [0.29, 0.717) is 0 Å². The molecule has 0 saturated carbocycles. The molecule has 2 aromatic carbocycles. The van der Waals surface area contributed by atoms with Gasteiger partial charge in [-0.25, -0.2) is 26.3 Å². The number of halogens is 8. The van der Waals surface area contributed by atoms with Crippen LogP contribution in [-0.4, -0.2) is 0 Å². The second-order valence-corrected chi connectivity index (χ2v) is 4.06. The van der Waals surface area contributed by atoms with E-state index in [0.717, 1.165) is 0 Å². The van der Waals surface area contributed by atoms with Crippen LogP contribution in [0.5, 0.6) is 5.75 Å². The SMILES string of the molecule is Fc1cc(F)c(C(F)(F)Oc2cc(F)c(F)c(F)c2)c(F)c1. The maximum atomic E-state index is 13.7. The van der Waals surface area contributed by atoms with Crippen molar-refractivity contribution in [2.75, 3.05) is 0 Å². The van der Waals surface area contributed by atoms with E-state index in [9.17, 15) is 35.1 Å². The van der Waals surface area contributed by atoms with Gasteiger partial charge in [-0.2, -0.15) is 8.78 Å². The molecule has 0 aliphatic heterocycles. The van der Waals surface area contributed by atoms with E-state index < -0.39 is 52.3 Å². The van der Waals surface area contributed by atoms with E-state index in [1.165, 1.54) is 0 Å². The molecule has 2 aromatic rings. The van der Waals surface area contributed by atoms with Crippen molar-refractivity contribution in [1.29, 1.82) is 0 Å². The van der Waals surface area contributed by atoms with E-state index in [2.05, 4.69) is 4.74 Å². The zero-order valence-electron chi connectivity index (χ0n) is 10.2. The van der Waals surface area contributed by atoms with Gasteiger partial charge >= 0.3 is 6.11 Å². The van der Waals surface area contributed by atoms with Crippen molar-refractivity contribution < 1.29 is 39.9 Å². The Morgan fingerprint density at radius 1 is 0.682 bits per heavy atom. The molecule has 1 nitrogen and oxygen atoms in total. The van der Waals surface area contributed by atoms with Crippen LogP contribution in [0.3, 0.4) is 0 Å². The Hall–Kier alpha value is -2.32.